The predicted octanol–water partition coefficient (Wildman–Crippen LogP) is 6.34. The van der Waals surface area contributed by atoms with Crippen molar-refractivity contribution in [1.29, 1.82) is 0 Å². The van der Waals surface area contributed by atoms with Crippen LogP contribution in [0.2, 0.25) is 0 Å². The zero-order valence-corrected chi connectivity index (χ0v) is 30.0. The third kappa shape index (κ3) is 5.22. The summed E-state index contributed by atoms with van der Waals surface area (Å²) in [6.07, 6.45) is 5.68. The van der Waals surface area contributed by atoms with Gasteiger partial charge in [0.05, 0.1) is 23.4 Å². The van der Waals surface area contributed by atoms with E-state index in [4.69, 9.17) is 14.2 Å². The van der Waals surface area contributed by atoms with Crippen molar-refractivity contribution >= 4 is 11.7 Å². The second kappa shape index (κ2) is 11.8. The summed E-state index contributed by atoms with van der Waals surface area (Å²) in [6.45, 7) is 14.9. The summed E-state index contributed by atoms with van der Waals surface area (Å²) in [6, 6.07) is 7.48. The van der Waals surface area contributed by atoms with Crippen LogP contribution in [0.1, 0.15) is 104 Å². The van der Waals surface area contributed by atoms with E-state index in [9.17, 15) is 20.1 Å². The van der Waals surface area contributed by atoms with Crippen LogP contribution in [0.4, 0.5) is 5.69 Å². The first-order chi connectivity index (χ1) is 21.9. The number of aliphatic hydroxyl groups is 3. The molecule has 0 amide bonds. The first kappa shape index (κ1) is 34.9. The third-order valence-electron chi connectivity index (χ3n) is 14.3. The van der Waals surface area contributed by atoms with E-state index in [1.807, 2.05) is 31.3 Å². The number of anilines is 1. The number of allylic oxidation sites excluding steroid dienone is 1. The Balaban J connectivity index is 1.24. The van der Waals surface area contributed by atoms with Crippen molar-refractivity contribution in [1.82, 2.24) is 0 Å². The Labute approximate surface area is 281 Å². The summed E-state index contributed by atoms with van der Waals surface area (Å²) in [7, 11) is 3.48. The number of hydrogen-bond donors (Lipinski definition) is 4. The van der Waals surface area contributed by atoms with Crippen molar-refractivity contribution in [2.75, 3.05) is 19.5 Å². The van der Waals surface area contributed by atoms with Gasteiger partial charge in [-0.15, -0.1) is 0 Å². The zero-order chi connectivity index (χ0) is 34.3. The lowest BCUT2D eigenvalue weighted by Gasteiger charge is -2.68. The number of ether oxygens (including phenoxy) is 3. The summed E-state index contributed by atoms with van der Waals surface area (Å²) < 4.78 is 18.4. The SMILES string of the molecule is CNc1ccccc1C(=O)O[C@@H]1CC[C@]2(C)[C@H]3CC[C@]4(C)C(=CC[C@H]4[C@@H]4C[C@H]([C@H](O)C(C)(C)O)O[C@H]4OC)[C@]3(C)[C@H](O)C[C@H]2C1(C)C. The van der Waals surface area contributed by atoms with E-state index in [-0.39, 0.29) is 51.5 Å². The van der Waals surface area contributed by atoms with Crippen molar-refractivity contribution < 1.29 is 34.3 Å². The highest BCUT2D eigenvalue weighted by Gasteiger charge is 2.69. The molecular weight excluding hydrogens is 594 g/mol. The monoisotopic (exact) mass is 653 g/mol. The Kier molecular flexibility index (Phi) is 8.78. The number of carbonyl (C=O) groups is 1. The number of carbonyl (C=O) groups excluding carboxylic acids is 1. The molecule has 4 aliphatic carbocycles. The van der Waals surface area contributed by atoms with E-state index in [1.54, 1.807) is 21.0 Å². The molecular formula is C39H59NO7. The average molecular weight is 654 g/mol. The summed E-state index contributed by atoms with van der Waals surface area (Å²) in [5.74, 6) is 0.522. The summed E-state index contributed by atoms with van der Waals surface area (Å²) in [5.41, 5.74) is 0.603. The molecule has 5 aliphatic rings. The maximum absolute atomic E-state index is 13.5. The molecule has 1 aromatic rings. The van der Waals surface area contributed by atoms with Gasteiger partial charge in [-0.3, -0.25) is 0 Å². The number of benzene rings is 1. The minimum absolute atomic E-state index is 0.0169. The highest BCUT2D eigenvalue weighted by atomic mass is 16.7. The molecule has 0 bridgehead atoms. The summed E-state index contributed by atoms with van der Waals surface area (Å²) >= 11 is 0. The molecule has 0 radical (unpaired) electrons. The average Bonchev–Trinajstić information content (AvgIpc) is 3.60. The van der Waals surface area contributed by atoms with Gasteiger partial charge in [0.25, 0.3) is 0 Å². The van der Waals surface area contributed by atoms with Crippen LogP contribution in [-0.4, -0.2) is 71.8 Å². The van der Waals surface area contributed by atoms with Crippen LogP contribution >= 0.6 is 0 Å². The fraction of sp³-hybridized carbons (Fsp3) is 0.769. The van der Waals surface area contributed by atoms with Gasteiger partial charge < -0.3 is 34.8 Å². The molecule has 1 aliphatic heterocycles. The van der Waals surface area contributed by atoms with Crippen molar-refractivity contribution in [3.63, 3.8) is 0 Å². The highest BCUT2D eigenvalue weighted by molar-refractivity contribution is 5.95. The predicted molar refractivity (Wildman–Crippen MR) is 182 cm³/mol. The third-order valence-corrected chi connectivity index (χ3v) is 14.3. The van der Waals surface area contributed by atoms with Crippen molar-refractivity contribution in [2.45, 2.75) is 130 Å². The van der Waals surface area contributed by atoms with Crippen molar-refractivity contribution in [3.05, 3.63) is 41.5 Å². The number of methoxy groups -OCH3 is 1. The number of nitrogens with one attached hydrogen (secondary N) is 1. The Morgan fingerprint density at radius 2 is 1.77 bits per heavy atom. The molecule has 0 aromatic heterocycles. The number of rotatable bonds is 7. The van der Waals surface area contributed by atoms with Crippen LogP contribution in [0.25, 0.3) is 0 Å². The van der Waals surface area contributed by atoms with E-state index in [0.717, 1.165) is 37.8 Å². The molecule has 3 saturated carbocycles. The highest BCUT2D eigenvalue weighted by Crippen LogP contribution is 2.73. The maximum atomic E-state index is 13.5. The van der Waals surface area contributed by atoms with Gasteiger partial charge in [-0.25, -0.2) is 4.79 Å². The second-order valence-corrected chi connectivity index (χ2v) is 17.4. The van der Waals surface area contributed by atoms with Crippen LogP contribution < -0.4 is 5.32 Å². The molecule has 4 fully saturated rings. The van der Waals surface area contributed by atoms with Crippen molar-refractivity contribution in [2.24, 2.45) is 45.3 Å². The van der Waals surface area contributed by atoms with Gasteiger partial charge in [0, 0.05) is 36.6 Å². The standard InChI is InChI=1S/C39H59NO7/c1-35(2)29-21-30(41)39(7)27-15-14-24(23-20-26(46-34(23)45-9)32(42)36(3,4)44)37(27,5)18-16-28(39)38(29,6)19-17-31(35)47-33(43)22-12-10-11-13-25(22)40-8/h10-13,15,23-24,26,28-32,34,40-42,44H,14,16-21H2,1-9H3/t23-,24-,26+,28+,29-,30+,31+,32-,34+,37-,38+,39-/m0/s1. The Morgan fingerprint density at radius 3 is 2.43 bits per heavy atom. The van der Waals surface area contributed by atoms with Crippen LogP contribution in [0.3, 0.4) is 0 Å². The van der Waals surface area contributed by atoms with Gasteiger partial charge in [0.15, 0.2) is 6.29 Å². The number of para-hydroxylation sites is 1. The Bertz CT molecular complexity index is 1390. The molecule has 4 N–H and O–H groups in total. The van der Waals surface area contributed by atoms with Crippen molar-refractivity contribution in [3.8, 4) is 0 Å². The zero-order valence-electron chi connectivity index (χ0n) is 30.0. The molecule has 0 unspecified atom stereocenters. The second-order valence-electron chi connectivity index (χ2n) is 17.4. The lowest BCUT2D eigenvalue weighted by molar-refractivity contribution is -0.214. The maximum Gasteiger partial charge on any atom is 0.340 e. The van der Waals surface area contributed by atoms with Gasteiger partial charge >= 0.3 is 5.97 Å². The largest absolute Gasteiger partial charge is 0.458 e. The summed E-state index contributed by atoms with van der Waals surface area (Å²) in [4.78, 5) is 13.5. The van der Waals surface area contributed by atoms with E-state index in [0.29, 0.717) is 24.3 Å². The molecule has 0 spiro atoms. The fourth-order valence-corrected chi connectivity index (χ4v) is 11.9. The normalized spacial score (nSPS) is 43.3. The number of aliphatic hydroxyl groups excluding tert-OH is 2. The molecule has 1 heterocycles. The molecule has 262 valence electrons. The summed E-state index contributed by atoms with van der Waals surface area (Å²) in [5, 5.41) is 36.9. The molecule has 1 saturated heterocycles. The minimum Gasteiger partial charge on any atom is -0.458 e. The van der Waals surface area contributed by atoms with Gasteiger partial charge in [0.1, 0.15) is 12.2 Å². The number of fused-ring (bicyclic) bond motifs is 5. The molecule has 1 aromatic carbocycles. The van der Waals surface area contributed by atoms with Gasteiger partial charge in [0.2, 0.25) is 0 Å². The van der Waals surface area contributed by atoms with Gasteiger partial charge in [-0.2, -0.15) is 0 Å². The first-order valence-corrected chi connectivity index (χ1v) is 17.9. The van der Waals surface area contributed by atoms with Crippen LogP contribution in [0.15, 0.2) is 35.9 Å². The fourth-order valence-electron chi connectivity index (χ4n) is 11.9. The minimum atomic E-state index is -1.27. The molecule has 8 nitrogen and oxygen atoms in total. The van der Waals surface area contributed by atoms with Gasteiger partial charge in [-0.1, -0.05) is 58.4 Å². The van der Waals surface area contributed by atoms with E-state index in [1.165, 1.54) is 5.57 Å². The molecule has 47 heavy (non-hydrogen) atoms. The van der Waals surface area contributed by atoms with E-state index >= 15 is 0 Å². The number of hydrogen-bond acceptors (Lipinski definition) is 8. The first-order valence-electron chi connectivity index (χ1n) is 17.9. The Morgan fingerprint density at radius 1 is 1.06 bits per heavy atom. The molecule has 12 atom stereocenters. The topological polar surface area (TPSA) is 117 Å². The lowest BCUT2D eigenvalue weighted by atomic mass is 9.37. The Hall–Kier alpha value is -1.97. The molecule has 6 rings (SSSR count). The van der Waals surface area contributed by atoms with Crippen LogP contribution in [0, 0.1) is 45.3 Å². The lowest BCUT2D eigenvalue weighted by Crippen LogP contribution is -2.65. The van der Waals surface area contributed by atoms with Gasteiger partial charge in [-0.05, 0) is 99.5 Å². The number of esters is 1. The smallest absolute Gasteiger partial charge is 0.340 e. The van der Waals surface area contributed by atoms with E-state index < -0.39 is 30.2 Å². The quantitative estimate of drug-likeness (QED) is 0.199. The van der Waals surface area contributed by atoms with Crippen LogP contribution in [-0.2, 0) is 14.2 Å². The van der Waals surface area contributed by atoms with Crippen LogP contribution in [0.5, 0.6) is 0 Å². The molecule has 8 heteroatoms. The van der Waals surface area contributed by atoms with E-state index in [2.05, 4.69) is 46.0 Å².